The van der Waals surface area contributed by atoms with Crippen LogP contribution in [0.2, 0.25) is 0 Å². The van der Waals surface area contributed by atoms with E-state index in [-0.39, 0.29) is 0 Å². The van der Waals surface area contributed by atoms with Crippen LogP contribution in [0.3, 0.4) is 0 Å². The van der Waals surface area contributed by atoms with E-state index in [4.69, 9.17) is 20.7 Å². The van der Waals surface area contributed by atoms with E-state index in [1.54, 1.807) is 14.2 Å². The van der Waals surface area contributed by atoms with Gasteiger partial charge in [0, 0.05) is 5.30 Å². The summed E-state index contributed by atoms with van der Waals surface area (Å²) in [5.41, 5.74) is 1.97. The second kappa shape index (κ2) is 7.70. The Hall–Kier alpha value is -2.02. The van der Waals surface area contributed by atoms with Crippen molar-refractivity contribution in [3.8, 4) is 22.6 Å². The molecule has 0 saturated heterocycles. The second-order valence-corrected chi connectivity index (χ2v) is 7.75. The highest BCUT2D eigenvalue weighted by Crippen LogP contribution is 2.45. The van der Waals surface area contributed by atoms with Gasteiger partial charge in [0.2, 0.25) is 0 Å². The first-order valence-corrected chi connectivity index (χ1v) is 9.82. The maximum atomic E-state index is 6.86. The molecular weight excluding hydrogens is 339 g/mol. The third-order valence-electron chi connectivity index (χ3n) is 3.80. The molecule has 4 heteroatoms. The van der Waals surface area contributed by atoms with E-state index in [9.17, 15) is 0 Å². The molecule has 2 nitrogen and oxygen atoms in total. The smallest absolute Gasteiger partial charge is 0.130 e. The molecule has 0 saturated carbocycles. The zero-order valence-corrected chi connectivity index (χ0v) is 15.2. The largest absolute Gasteiger partial charge is 0.496 e. The first kappa shape index (κ1) is 16.8. The van der Waals surface area contributed by atoms with Crippen LogP contribution in [0.15, 0.2) is 72.8 Å². The van der Waals surface area contributed by atoms with Crippen LogP contribution in [0.1, 0.15) is 0 Å². The number of methoxy groups -OCH3 is 2. The van der Waals surface area contributed by atoms with Crippen molar-refractivity contribution in [2.75, 3.05) is 14.2 Å². The van der Waals surface area contributed by atoms with Gasteiger partial charge in [0.1, 0.15) is 11.5 Å². The van der Waals surface area contributed by atoms with E-state index in [0.29, 0.717) is 0 Å². The monoisotopic (exact) mass is 356 g/mol. The molecule has 3 aromatic carbocycles. The van der Waals surface area contributed by atoms with Crippen LogP contribution in [0.5, 0.6) is 11.5 Å². The quantitative estimate of drug-likeness (QED) is 0.602. The van der Waals surface area contributed by atoms with Gasteiger partial charge < -0.3 is 9.47 Å². The zero-order valence-electron chi connectivity index (χ0n) is 13.6. The molecule has 1 unspecified atom stereocenters. The third-order valence-corrected chi connectivity index (χ3v) is 6.49. The normalized spacial score (nSPS) is 11.8. The lowest BCUT2D eigenvalue weighted by molar-refractivity contribution is 0.397. The summed E-state index contributed by atoms with van der Waals surface area (Å²) in [7, 11) is 2.35. The van der Waals surface area contributed by atoms with Crippen molar-refractivity contribution in [3.05, 3.63) is 72.8 Å². The van der Waals surface area contributed by atoms with Crippen LogP contribution in [-0.2, 0) is 0 Å². The number of halogens is 1. The maximum absolute atomic E-state index is 6.86. The van der Waals surface area contributed by atoms with Gasteiger partial charge in [-0.1, -0.05) is 71.9 Å². The van der Waals surface area contributed by atoms with Crippen molar-refractivity contribution in [1.29, 1.82) is 0 Å². The Bertz CT molecular complexity index is 799. The van der Waals surface area contributed by atoms with Crippen LogP contribution in [0, 0.1) is 0 Å². The molecule has 0 aliphatic heterocycles. The van der Waals surface area contributed by atoms with Gasteiger partial charge in [-0.05, 0) is 23.0 Å². The summed E-state index contributed by atoms with van der Waals surface area (Å²) in [6, 6.07) is 24.1. The van der Waals surface area contributed by atoms with Crippen LogP contribution in [-0.4, -0.2) is 14.2 Å². The van der Waals surface area contributed by atoms with Gasteiger partial charge in [-0.15, -0.1) is 0 Å². The van der Waals surface area contributed by atoms with Gasteiger partial charge in [0.15, 0.2) is 0 Å². The van der Waals surface area contributed by atoms with Gasteiger partial charge in [-0.25, -0.2) is 0 Å². The van der Waals surface area contributed by atoms with Crippen molar-refractivity contribution >= 4 is 29.1 Å². The molecule has 0 aliphatic carbocycles. The van der Waals surface area contributed by atoms with Crippen LogP contribution in [0.4, 0.5) is 0 Å². The Balaban J connectivity index is 2.18. The summed E-state index contributed by atoms with van der Waals surface area (Å²) in [6.45, 7) is 0. The topological polar surface area (TPSA) is 18.5 Å². The molecule has 0 N–H and O–H groups in total. The summed E-state index contributed by atoms with van der Waals surface area (Å²) >= 11 is 6.86. The minimum absolute atomic E-state index is 0.773. The van der Waals surface area contributed by atoms with E-state index >= 15 is 0 Å². The van der Waals surface area contributed by atoms with Crippen molar-refractivity contribution in [1.82, 2.24) is 0 Å². The molecule has 24 heavy (non-hydrogen) atoms. The number of rotatable bonds is 5. The number of hydrogen-bond donors (Lipinski definition) is 0. The molecular formula is C20H18ClO2P. The van der Waals surface area contributed by atoms with Crippen molar-refractivity contribution in [3.63, 3.8) is 0 Å². The predicted octanol–water partition coefficient (Wildman–Crippen LogP) is 4.96. The van der Waals surface area contributed by atoms with Gasteiger partial charge in [0.25, 0.3) is 0 Å². The fourth-order valence-corrected chi connectivity index (χ4v) is 4.78. The molecule has 0 amide bonds. The zero-order chi connectivity index (χ0) is 16.9. The summed E-state index contributed by atoms with van der Waals surface area (Å²) < 4.78 is 11.1. The standard InChI is InChI=1S/C20H18ClO2P/c1-22-17-12-8-13-18(23-2)20(17)16-11-6-7-14-19(16)24(21)15-9-4-3-5-10-15/h3-14H,1-2H3. The van der Waals surface area contributed by atoms with Crippen LogP contribution >= 0.6 is 18.5 Å². The lowest BCUT2D eigenvalue weighted by Gasteiger charge is -2.19. The molecule has 0 bridgehead atoms. The molecule has 1 atom stereocenters. The average molecular weight is 357 g/mol. The first-order chi connectivity index (χ1) is 11.8. The minimum atomic E-state index is -0.989. The SMILES string of the molecule is COc1cccc(OC)c1-c1ccccc1P(Cl)c1ccccc1. The molecule has 0 aliphatic rings. The third kappa shape index (κ3) is 3.26. The van der Waals surface area contributed by atoms with Crippen LogP contribution < -0.4 is 20.1 Å². The first-order valence-electron chi connectivity index (χ1n) is 7.57. The van der Waals surface area contributed by atoms with Crippen molar-refractivity contribution in [2.24, 2.45) is 0 Å². The molecule has 3 aromatic rings. The molecule has 3 rings (SSSR count). The van der Waals surface area contributed by atoms with E-state index in [1.807, 2.05) is 48.5 Å². The number of benzene rings is 3. The van der Waals surface area contributed by atoms with Crippen molar-refractivity contribution < 1.29 is 9.47 Å². The molecule has 0 heterocycles. The summed E-state index contributed by atoms with van der Waals surface area (Å²) in [6.07, 6.45) is 0. The Morgan fingerprint density at radius 3 is 1.92 bits per heavy atom. The summed E-state index contributed by atoms with van der Waals surface area (Å²) in [4.78, 5) is 0. The van der Waals surface area contributed by atoms with Crippen LogP contribution in [0.25, 0.3) is 11.1 Å². The molecule has 0 radical (unpaired) electrons. The fourth-order valence-electron chi connectivity index (χ4n) is 2.67. The highest BCUT2D eigenvalue weighted by Gasteiger charge is 2.20. The lowest BCUT2D eigenvalue weighted by Crippen LogP contribution is -2.11. The fraction of sp³-hybridized carbons (Fsp3) is 0.100. The molecule has 0 spiro atoms. The van der Waals surface area contributed by atoms with Gasteiger partial charge in [-0.3, -0.25) is 0 Å². The maximum Gasteiger partial charge on any atom is 0.130 e. The Labute approximate surface area is 148 Å². The van der Waals surface area contributed by atoms with Crippen molar-refractivity contribution in [2.45, 2.75) is 0 Å². The minimum Gasteiger partial charge on any atom is -0.496 e. The van der Waals surface area contributed by atoms with Gasteiger partial charge in [-0.2, -0.15) is 0 Å². The second-order valence-electron chi connectivity index (χ2n) is 5.17. The number of hydrogen-bond acceptors (Lipinski definition) is 2. The summed E-state index contributed by atoms with van der Waals surface area (Å²) in [5.74, 6) is 1.55. The van der Waals surface area contributed by atoms with Gasteiger partial charge in [0.05, 0.1) is 27.1 Å². The van der Waals surface area contributed by atoms with E-state index in [2.05, 4.69) is 24.3 Å². The number of ether oxygens (including phenoxy) is 2. The lowest BCUT2D eigenvalue weighted by atomic mass is 10.0. The molecule has 0 fully saturated rings. The highest BCUT2D eigenvalue weighted by molar-refractivity contribution is 7.95. The highest BCUT2D eigenvalue weighted by atomic mass is 35.7. The Morgan fingerprint density at radius 2 is 1.29 bits per heavy atom. The predicted molar refractivity (Wildman–Crippen MR) is 103 cm³/mol. The van der Waals surface area contributed by atoms with E-state index in [0.717, 1.165) is 33.2 Å². The van der Waals surface area contributed by atoms with E-state index < -0.39 is 7.27 Å². The summed E-state index contributed by atoms with van der Waals surface area (Å²) in [5, 5.41) is 2.21. The molecule has 122 valence electrons. The van der Waals surface area contributed by atoms with E-state index in [1.165, 1.54) is 0 Å². The Morgan fingerprint density at radius 1 is 0.708 bits per heavy atom. The Kier molecular flexibility index (Phi) is 5.40. The average Bonchev–Trinajstić information content (AvgIpc) is 2.67. The van der Waals surface area contributed by atoms with Gasteiger partial charge >= 0.3 is 0 Å². The molecule has 0 aromatic heterocycles.